The smallest absolute Gasteiger partial charge is 0.329 e. The van der Waals surface area contributed by atoms with E-state index in [1.54, 1.807) is 0 Å². The summed E-state index contributed by atoms with van der Waals surface area (Å²) in [5.74, 6) is -0.109. The summed E-state index contributed by atoms with van der Waals surface area (Å²) in [5.41, 5.74) is 1.37. The first-order chi connectivity index (χ1) is 16.7. The minimum Gasteiger partial charge on any atom is -0.491 e. The number of carbonyl (C=O) groups is 1. The van der Waals surface area contributed by atoms with E-state index in [1.165, 1.54) is 44.1 Å². The molecule has 0 radical (unpaired) electrons. The molecule has 0 atom stereocenters. The van der Waals surface area contributed by atoms with Gasteiger partial charge in [-0.05, 0) is 30.5 Å². The highest BCUT2D eigenvalue weighted by Crippen LogP contribution is 2.15. The molecule has 0 unspecified atom stereocenters. The van der Waals surface area contributed by atoms with Crippen molar-refractivity contribution in [2.45, 2.75) is 51.9 Å². The molecule has 0 saturated heterocycles. The third kappa shape index (κ3) is 19.7. The Morgan fingerprint density at radius 1 is 0.647 bits per heavy atom. The van der Waals surface area contributed by atoms with Crippen molar-refractivity contribution in [3.05, 3.63) is 29.8 Å². The zero-order valence-electron chi connectivity index (χ0n) is 20.8. The first-order valence-corrected chi connectivity index (χ1v) is 12.5. The molecular weight excluding hydrogens is 440 g/mol. The Bertz CT molecular complexity index is 579. The van der Waals surface area contributed by atoms with Gasteiger partial charge in [0.05, 0.1) is 59.5 Å². The molecule has 8 nitrogen and oxygen atoms in total. The van der Waals surface area contributed by atoms with E-state index in [2.05, 4.69) is 19.1 Å². The van der Waals surface area contributed by atoms with Crippen LogP contribution in [0, 0.1) is 0 Å². The Morgan fingerprint density at radius 2 is 1.12 bits per heavy atom. The second-order valence-electron chi connectivity index (χ2n) is 7.91. The minimum atomic E-state index is -0.985. The number of aliphatic carboxylic acids is 1. The Kier molecular flexibility index (Phi) is 20.6. The maximum Gasteiger partial charge on any atom is 0.329 e. The van der Waals surface area contributed by atoms with E-state index in [1.807, 2.05) is 12.1 Å². The van der Waals surface area contributed by atoms with Crippen LogP contribution in [0.1, 0.15) is 51.0 Å². The van der Waals surface area contributed by atoms with Crippen molar-refractivity contribution in [2.75, 3.05) is 72.7 Å². The number of unbranched alkanes of at least 4 members (excludes halogenated alkanes) is 5. The second kappa shape index (κ2) is 23.1. The van der Waals surface area contributed by atoms with Crippen LogP contribution in [0.25, 0.3) is 0 Å². The molecular formula is C26H44O8. The summed E-state index contributed by atoms with van der Waals surface area (Å²) in [5, 5.41) is 8.41. The highest BCUT2D eigenvalue weighted by molar-refractivity contribution is 5.67. The maximum atomic E-state index is 10.2. The highest BCUT2D eigenvalue weighted by atomic mass is 16.6. The van der Waals surface area contributed by atoms with Crippen LogP contribution < -0.4 is 4.74 Å². The van der Waals surface area contributed by atoms with Gasteiger partial charge in [-0.3, -0.25) is 0 Å². The summed E-state index contributed by atoms with van der Waals surface area (Å²) in [4.78, 5) is 10.2. The lowest BCUT2D eigenvalue weighted by Crippen LogP contribution is -2.15. The van der Waals surface area contributed by atoms with E-state index in [0.29, 0.717) is 59.5 Å². The lowest BCUT2D eigenvalue weighted by atomic mass is 10.0. The third-order valence-electron chi connectivity index (χ3n) is 4.95. The van der Waals surface area contributed by atoms with E-state index >= 15 is 0 Å². The average molecular weight is 485 g/mol. The summed E-state index contributed by atoms with van der Waals surface area (Å²) in [6.07, 6.45) is 9.07. The van der Waals surface area contributed by atoms with E-state index < -0.39 is 5.97 Å². The predicted molar refractivity (Wildman–Crippen MR) is 131 cm³/mol. The molecule has 1 aromatic rings. The van der Waals surface area contributed by atoms with Crippen LogP contribution in [0.15, 0.2) is 24.3 Å². The molecule has 1 N–H and O–H groups in total. The Hall–Kier alpha value is -1.71. The molecule has 0 bridgehead atoms. The fraction of sp³-hybridized carbons (Fsp3) is 0.731. The second-order valence-corrected chi connectivity index (χ2v) is 7.91. The first kappa shape index (κ1) is 30.3. The van der Waals surface area contributed by atoms with Crippen molar-refractivity contribution in [1.82, 2.24) is 0 Å². The number of hydrogen-bond acceptors (Lipinski definition) is 7. The van der Waals surface area contributed by atoms with Crippen molar-refractivity contribution in [2.24, 2.45) is 0 Å². The van der Waals surface area contributed by atoms with E-state index in [4.69, 9.17) is 33.5 Å². The summed E-state index contributed by atoms with van der Waals surface area (Å²) in [6, 6.07) is 8.38. The number of rotatable bonds is 25. The molecule has 0 heterocycles. The van der Waals surface area contributed by atoms with Crippen LogP contribution in [0.4, 0.5) is 0 Å². The number of carboxylic acid groups (broad SMARTS) is 1. The Balaban J connectivity index is 1.82. The van der Waals surface area contributed by atoms with Gasteiger partial charge in [0, 0.05) is 0 Å². The van der Waals surface area contributed by atoms with Crippen LogP contribution in [0.2, 0.25) is 0 Å². The summed E-state index contributed by atoms with van der Waals surface area (Å²) in [7, 11) is 0. The number of carboxylic acids is 1. The lowest BCUT2D eigenvalue weighted by Gasteiger charge is -2.09. The van der Waals surface area contributed by atoms with Gasteiger partial charge in [-0.1, -0.05) is 51.2 Å². The third-order valence-corrected chi connectivity index (χ3v) is 4.95. The molecule has 196 valence electrons. The summed E-state index contributed by atoms with van der Waals surface area (Å²) < 4.78 is 32.2. The molecule has 34 heavy (non-hydrogen) atoms. The van der Waals surface area contributed by atoms with E-state index in [-0.39, 0.29) is 13.2 Å². The van der Waals surface area contributed by atoms with Crippen LogP contribution in [-0.4, -0.2) is 83.8 Å². The molecule has 0 aliphatic carbocycles. The zero-order valence-corrected chi connectivity index (χ0v) is 20.8. The standard InChI is InChI=1S/C26H44O8/c1-2-3-4-5-6-7-8-24-9-11-25(12-10-24)34-22-21-32-18-17-30-14-13-29-15-16-31-19-20-33-23-26(27)28/h9-12H,2-8,13-23H2,1H3,(H,27,28). The number of ether oxygens (including phenoxy) is 6. The molecule has 8 heteroatoms. The van der Waals surface area contributed by atoms with E-state index in [0.717, 1.165) is 12.2 Å². The molecule has 0 saturated carbocycles. The first-order valence-electron chi connectivity index (χ1n) is 12.5. The number of benzene rings is 1. The Morgan fingerprint density at radius 3 is 1.65 bits per heavy atom. The Labute approximate surface area is 204 Å². The molecule has 0 aromatic heterocycles. The number of hydrogen-bond donors (Lipinski definition) is 1. The SMILES string of the molecule is CCCCCCCCc1ccc(OCCOCCOCCOCCOCCOCC(=O)O)cc1. The molecule has 1 rings (SSSR count). The summed E-state index contributed by atoms with van der Waals surface area (Å²) in [6.45, 7) is 6.47. The summed E-state index contributed by atoms with van der Waals surface area (Å²) >= 11 is 0. The van der Waals surface area contributed by atoms with Crippen molar-refractivity contribution in [3.8, 4) is 5.75 Å². The van der Waals surface area contributed by atoms with Crippen molar-refractivity contribution < 1.29 is 38.3 Å². The molecule has 0 fully saturated rings. The van der Waals surface area contributed by atoms with Gasteiger partial charge >= 0.3 is 5.97 Å². The topological polar surface area (TPSA) is 92.7 Å². The fourth-order valence-corrected chi connectivity index (χ4v) is 3.12. The van der Waals surface area contributed by atoms with Crippen LogP contribution in [-0.2, 0) is 34.9 Å². The van der Waals surface area contributed by atoms with Crippen LogP contribution in [0.5, 0.6) is 5.75 Å². The van der Waals surface area contributed by atoms with Gasteiger partial charge in [0.2, 0.25) is 0 Å². The monoisotopic (exact) mass is 484 g/mol. The zero-order chi connectivity index (χ0) is 24.5. The molecule has 0 spiro atoms. The lowest BCUT2D eigenvalue weighted by molar-refractivity contribution is -0.142. The molecule has 1 aromatic carbocycles. The van der Waals surface area contributed by atoms with Gasteiger partial charge in [0.1, 0.15) is 19.0 Å². The van der Waals surface area contributed by atoms with Crippen molar-refractivity contribution in [3.63, 3.8) is 0 Å². The van der Waals surface area contributed by atoms with Crippen LogP contribution >= 0.6 is 0 Å². The van der Waals surface area contributed by atoms with Gasteiger partial charge in [0.25, 0.3) is 0 Å². The van der Waals surface area contributed by atoms with Gasteiger partial charge in [-0.2, -0.15) is 0 Å². The van der Waals surface area contributed by atoms with Gasteiger partial charge < -0.3 is 33.5 Å². The van der Waals surface area contributed by atoms with Crippen LogP contribution in [0.3, 0.4) is 0 Å². The van der Waals surface area contributed by atoms with E-state index in [9.17, 15) is 4.79 Å². The maximum absolute atomic E-state index is 10.2. The largest absolute Gasteiger partial charge is 0.491 e. The van der Waals surface area contributed by atoms with Crippen molar-refractivity contribution >= 4 is 5.97 Å². The van der Waals surface area contributed by atoms with Gasteiger partial charge in [-0.25, -0.2) is 4.79 Å². The molecule has 0 amide bonds. The minimum absolute atomic E-state index is 0.256. The van der Waals surface area contributed by atoms with Gasteiger partial charge in [0.15, 0.2) is 0 Å². The van der Waals surface area contributed by atoms with Gasteiger partial charge in [-0.15, -0.1) is 0 Å². The average Bonchev–Trinajstić information content (AvgIpc) is 2.84. The number of aryl methyl sites for hydroxylation is 1. The highest BCUT2D eigenvalue weighted by Gasteiger charge is 1.99. The molecule has 0 aliphatic heterocycles. The normalized spacial score (nSPS) is 11.1. The fourth-order valence-electron chi connectivity index (χ4n) is 3.12. The predicted octanol–water partition coefficient (Wildman–Crippen LogP) is 4.14. The van der Waals surface area contributed by atoms with Crippen molar-refractivity contribution in [1.29, 1.82) is 0 Å². The quantitative estimate of drug-likeness (QED) is 0.207. The molecule has 0 aliphatic rings.